The van der Waals surface area contributed by atoms with E-state index in [0.717, 1.165) is 13.1 Å². The molecule has 0 aromatic heterocycles. The van der Waals surface area contributed by atoms with Gasteiger partial charge in [0.25, 0.3) is 0 Å². The van der Waals surface area contributed by atoms with E-state index in [2.05, 4.69) is 32.7 Å². The molecule has 0 radical (unpaired) electrons. The minimum atomic E-state index is 0.0307. The van der Waals surface area contributed by atoms with Crippen molar-refractivity contribution in [3.05, 3.63) is 0 Å². The first-order chi connectivity index (χ1) is 4.93. The molecule has 0 bridgehead atoms. The third-order valence-corrected chi connectivity index (χ3v) is 2.77. The molecule has 0 aromatic carbocycles. The molecule has 1 aliphatic heterocycles. The van der Waals surface area contributed by atoms with E-state index in [1.165, 1.54) is 0 Å². The zero-order valence-corrected chi connectivity index (χ0v) is 8.09. The van der Waals surface area contributed by atoms with Gasteiger partial charge in [-0.15, -0.1) is 0 Å². The monoisotopic (exact) mass is 156 g/mol. The molecular weight excluding hydrogens is 136 g/mol. The molecule has 1 rings (SSSR count). The van der Waals surface area contributed by atoms with Crippen LogP contribution in [0.3, 0.4) is 0 Å². The second kappa shape index (κ2) is 2.76. The summed E-state index contributed by atoms with van der Waals surface area (Å²) < 4.78 is 0. The molecule has 0 aliphatic carbocycles. The smallest absolute Gasteiger partial charge is 0.0297 e. The van der Waals surface area contributed by atoms with E-state index < -0.39 is 0 Å². The number of likely N-dealkylation sites (N-methyl/N-ethyl adjacent to an activating group) is 1. The van der Waals surface area contributed by atoms with Gasteiger partial charge in [0.1, 0.15) is 0 Å². The number of likely N-dealkylation sites (tertiary alicyclic amines) is 1. The first kappa shape index (κ1) is 9.01. The highest BCUT2D eigenvalue weighted by Crippen LogP contribution is 2.29. The maximum Gasteiger partial charge on any atom is 0.0297 e. The molecule has 2 nitrogen and oxygen atoms in total. The Morgan fingerprint density at radius 3 is 2.27 bits per heavy atom. The largest absolute Gasteiger partial charge is 0.324 e. The third kappa shape index (κ3) is 1.74. The van der Waals surface area contributed by atoms with Gasteiger partial charge in [0.15, 0.2) is 0 Å². The van der Waals surface area contributed by atoms with Gasteiger partial charge in [-0.3, -0.25) is 0 Å². The van der Waals surface area contributed by atoms with Gasteiger partial charge in [-0.1, -0.05) is 13.8 Å². The van der Waals surface area contributed by atoms with Gasteiger partial charge in [0.05, 0.1) is 0 Å². The number of hydrogen-bond acceptors (Lipinski definition) is 2. The van der Waals surface area contributed by atoms with Gasteiger partial charge in [-0.2, -0.15) is 0 Å². The Labute approximate surface area is 69.8 Å². The van der Waals surface area contributed by atoms with E-state index in [-0.39, 0.29) is 5.54 Å². The van der Waals surface area contributed by atoms with Crippen LogP contribution in [0.25, 0.3) is 0 Å². The standard InChI is InChI=1S/C9H20N2/c1-7(2)8-5-11(4)6-9(8,3)10/h7-8H,5-6,10H2,1-4H3/t8-,9-/m1/s1. The highest BCUT2D eigenvalue weighted by atomic mass is 15.2. The lowest BCUT2D eigenvalue weighted by atomic mass is 9.82. The second-order valence-corrected chi connectivity index (χ2v) is 4.55. The molecule has 0 saturated carbocycles. The van der Waals surface area contributed by atoms with E-state index in [0.29, 0.717) is 11.8 Å². The van der Waals surface area contributed by atoms with Crippen molar-refractivity contribution in [1.29, 1.82) is 0 Å². The molecule has 0 amide bonds. The van der Waals surface area contributed by atoms with Crippen LogP contribution < -0.4 is 5.73 Å². The van der Waals surface area contributed by atoms with Gasteiger partial charge < -0.3 is 10.6 Å². The van der Waals surface area contributed by atoms with Crippen LogP contribution in [-0.2, 0) is 0 Å². The lowest BCUT2D eigenvalue weighted by molar-refractivity contribution is 0.290. The van der Waals surface area contributed by atoms with Crippen molar-refractivity contribution in [3.63, 3.8) is 0 Å². The summed E-state index contributed by atoms with van der Waals surface area (Å²) >= 11 is 0. The molecule has 11 heavy (non-hydrogen) atoms. The second-order valence-electron chi connectivity index (χ2n) is 4.55. The Morgan fingerprint density at radius 1 is 1.55 bits per heavy atom. The first-order valence-corrected chi connectivity index (χ1v) is 4.41. The van der Waals surface area contributed by atoms with Crippen LogP contribution in [-0.4, -0.2) is 30.6 Å². The maximum atomic E-state index is 6.17. The summed E-state index contributed by atoms with van der Waals surface area (Å²) in [5.74, 6) is 1.36. The van der Waals surface area contributed by atoms with Crippen molar-refractivity contribution in [2.45, 2.75) is 26.3 Å². The average Bonchev–Trinajstić information content (AvgIpc) is 2.04. The van der Waals surface area contributed by atoms with Crippen LogP contribution in [0.15, 0.2) is 0 Å². The SMILES string of the molecule is CC(C)[C@H]1CN(C)C[C@@]1(C)N. The number of nitrogens with two attached hydrogens (primary N) is 1. The summed E-state index contributed by atoms with van der Waals surface area (Å²) in [6.45, 7) is 8.88. The molecule has 1 fully saturated rings. The fraction of sp³-hybridized carbons (Fsp3) is 1.00. The van der Waals surface area contributed by atoms with E-state index in [9.17, 15) is 0 Å². The molecule has 1 saturated heterocycles. The van der Waals surface area contributed by atoms with Crippen molar-refractivity contribution in [3.8, 4) is 0 Å². The fourth-order valence-electron chi connectivity index (χ4n) is 2.28. The predicted octanol–water partition coefficient (Wildman–Crippen LogP) is 0.921. The number of rotatable bonds is 1. The molecule has 2 N–H and O–H groups in total. The van der Waals surface area contributed by atoms with E-state index in [1.54, 1.807) is 0 Å². The molecule has 0 spiro atoms. The Kier molecular flexibility index (Phi) is 2.26. The fourth-order valence-corrected chi connectivity index (χ4v) is 2.28. The molecular formula is C9H20N2. The molecule has 2 heteroatoms. The maximum absolute atomic E-state index is 6.17. The van der Waals surface area contributed by atoms with Crippen molar-refractivity contribution < 1.29 is 0 Å². The Bertz CT molecular complexity index is 140. The molecule has 0 unspecified atom stereocenters. The molecule has 0 aromatic rings. The van der Waals surface area contributed by atoms with Gasteiger partial charge >= 0.3 is 0 Å². The van der Waals surface area contributed by atoms with Crippen LogP contribution >= 0.6 is 0 Å². The van der Waals surface area contributed by atoms with E-state index in [1.807, 2.05) is 0 Å². The topological polar surface area (TPSA) is 29.3 Å². The number of hydrogen-bond donors (Lipinski definition) is 1. The lowest BCUT2D eigenvalue weighted by Gasteiger charge is -2.28. The Hall–Kier alpha value is -0.0800. The summed E-state index contributed by atoms with van der Waals surface area (Å²) in [6, 6.07) is 0. The molecule has 1 heterocycles. The van der Waals surface area contributed by atoms with Crippen molar-refractivity contribution in [2.75, 3.05) is 20.1 Å². The van der Waals surface area contributed by atoms with Crippen LogP contribution in [0, 0.1) is 11.8 Å². The summed E-state index contributed by atoms with van der Waals surface area (Å²) in [7, 11) is 2.15. The van der Waals surface area contributed by atoms with Gasteiger partial charge in [-0.05, 0) is 25.8 Å². The summed E-state index contributed by atoms with van der Waals surface area (Å²) in [5.41, 5.74) is 6.20. The van der Waals surface area contributed by atoms with Crippen molar-refractivity contribution in [1.82, 2.24) is 4.90 Å². The zero-order valence-electron chi connectivity index (χ0n) is 8.09. The highest BCUT2D eigenvalue weighted by molar-refractivity contribution is 4.97. The van der Waals surface area contributed by atoms with Crippen LogP contribution in [0.1, 0.15) is 20.8 Å². The minimum Gasteiger partial charge on any atom is -0.324 e. The van der Waals surface area contributed by atoms with Crippen LogP contribution in [0.2, 0.25) is 0 Å². The molecule has 1 aliphatic rings. The Morgan fingerprint density at radius 2 is 2.09 bits per heavy atom. The summed E-state index contributed by atoms with van der Waals surface area (Å²) in [5, 5.41) is 0. The molecule has 2 atom stereocenters. The van der Waals surface area contributed by atoms with Crippen molar-refractivity contribution in [2.24, 2.45) is 17.6 Å². The highest BCUT2D eigenvalue weighted by Gasteiger charge is 2.39. The van der Waals surface area contributed by atoms with Crippen LogP contribution in [0.4, 0.5) is 0 Å². The Balaban J connectivity index is 2.66. The predicted molar refractivity (Wildman–Crippen MR) is 48.4 cm³/mol. The van der Waals surface area contributed by atoms with Gasteiger partial charge in [0.2, 0.25) is 0 Å². The first-order valence-electron chi connectivity index (χ1n) is 4.41. The molecule has 66 valence electrons. The van der Waals surface area contributed by atoms with Crippen LogP contribution in [0.5, 0.6) is 0 Å². The van der Waals surface area contributed by atoms with E-state index >= 15 is 0 Å². The third-order valence-electron chi connectivity index (χ3n) is 2.77. The summed E-state index contributed by atoms with van der Waals surface area (Å²) in [6.07, 6.45) is 0. The normalized spacial score (nSPS) is 40.4. The van der Waals surface area contributed by atoms with E-state index in [4.69, 9.17) is 5.73 Å². The van der Waals surface area contributed by atoms with Gasteiger partial charge in [-0.25, -0.2) is 0 Å². The van der Waals surface area contributed by atoms with Gasteiger partial charge in [0, 0.05) is 18.6 Å². The summed E-state index contributed by atoms with van der Waals surface area (Å²) in [4.78, 5) is 2.32. The minimum absolute atomic E-state index is 0.0307. The van der Waals surface area contributed by atoms with Crippen molar-refractivity contribution >= 4 is 0 Å². The zero-order chi connectivity index (χ0) is 8.65. The number of nitrogens with zero attached hydrogens (tertiary/aromatic N) is 1. The average molecular weight is 156 g/mol. The lowest BCUT2D eigenvalue weighted by Crippen LogP contribution is -2.46. The quantitative estimate of drug-likeness (QED) is 0.612.